The number of carbonyl (C=O) groups is 1. The number of aromatic nitrogens is 1. The van der Waals surface area contributed by atoms with Gasteiger partial charge < -0.3 is 4.90 Å². The first-order valence-electron chi connectivity index (χ1n) is 11.9. The summed E-state index contributed by atoms with van der Waals surface area (Å²) >= 11 is 0. The number of ketones is 1. The van der Waals surface area contributed by atoms with Crippen LogP contribution in [0.5, 0.6) is 0 Å². The molecule has 1 aliphatic rings. The molecule has 0 amide bonds. The quantitative estimate of drug-likeness (QED) is 0.330. The van der Waals surface area contributed by atoms with Gasteiger partial charge in [0.1, 0.15) is 11.6 Å². The van der Waals surface area contributed by atoms with Crippen molar-refractivity contribution >= 4 is 22.4 Å². The molecule has 1 fully saturated rings. The molecule has 5 heteroatoms. The van der Waals surface area contributed by atoms with Gasteiger partial charge in [-0.15, -0.1) is 0 Å². The topological polar surface area (TPSA) is 36.4 Å². The third kappa shape index (κ3) is 5.00. The van der Waals surface area contributed by atoms with Crippen LogP contribution in [-0.4, -0.2) is 48.4 Å². The fraction of sp³-hybridized carbons (Fsp3) is 0.241. The summed E-state index contributed by atoms with van der Waals surface area (Å²) in [6.45, 7) is 4.60. The molecule has 5 rings (SSSR count). The number of halogens is 1. The van der Waals surface area contributed by atoms with E-state index in [0.29, 0.717) is 12.0 Å². The fourth-order valence-electron chi connectivity index (χ4n) is 4.61. The zero-order chi connectivity index (χ0) is 23.3. The van der Waals surface area contributed by atoms with Crippen molar-refractivity contribution in [1.29, 1.82) is 0 Å². The molecule has 1 saturated heterocycles. The van der Waals surface area contributed by atoms with Crippen LogP contribution < -0.4 is 4.90 Å². The molecule has 4 nitrogen and oxygen atoms in total. The van der Waals surface area contributed by atoms with Crippen LogP contribution in [0, 0.1) is 5.82 Å². The van der Waals surface area contributed by atoms with E-state index in [-0.39, 0.29) is 11.6 Å². The van der Waals surface area contributed by atoms with Gasteiger partial charge in [0.2, 0.25) is 0 Å². The second-order valence-corrected chi connectivity index (χ2v) is 8.78. The molecule has 2 heterocycles. The highest BCUT2D eigenvalue weighted by atomic mass is 19.1. The molecule has 0 saturated carbocycles. The molecule has 1 aromatic heterocycles. The summed E-state index contributed by atoms with van der Waals surface area (Å²) in [7, 11) is 0. The van der Waals surface area contributed by atoms with E-state index >= 15 is 0 Å². The van der Waals surface area contributed by atoms with E-state index in [2.05, 4.69) is 64.4 Å². The molecular formula is C29H28FN3O. The van der Waals surface area contributed by atoms with Crippen LogP contribution in [0.25, 0.3) is 22.0 Å². The number of anilines is 1. The number of pyridine rings is 1. The van der Waals surface area contributed by atoms with Crippen molar-refractivity contribution in [3.63, 3.8) is 0 Å². The van der Waals surface area contributed by atoms with Crippen LogP contribution in [-0.2, 0) is 0 Å². The number of Topliss-reactive ketones (excluding diaryl/α,β-unsaturated/α-hetero) is 1. The van der Waals surface area contributed by atoms with Gasteiger partial charge in [0.05, 0.1) is 5.69 Å². The number of fused-ring (bicyclic) bond motifs is 1. The van der Waals surface area contributed by atoms with Gasteiger partial charge >= 0.3 is 0 Å². The third-order valence-electron chi connectivity index (χ3n) is 6.51. The Morgan fingerprint density at radius 2 is 1.56 bits per heavy atom. The zero-order valence-corrected chi connectivity index (χ0v) is 19.2. The minimum absolute atomic E-state index is 0.0763. The van der Waals surface area contributed by atoms with E-state index in [1.165, 1.54) is 22.9 Å². The summed E-state index contributed by atoms with van der Waals surface area (Å²) in [5, 5.41) is 2.37. The Labute approximate surface area is 199 Å². The summed E-state index contributed by atoms with van der Waals surface area (Å²) in [5.41, 5.74) is 2.74. The van der Waals surface area contributed by atoms with Gasteiger partial charge in [-0.2, -0.15) is 0 Å². The van der Waals surface area contributed by atoms with Gasteiger partial charge in [-0.05, 0) is 48.7 Å². The Bertz CT molecular complexity index is 1270. The molecule has 0 spiro atoms. The second kappa shape index (κ2) is 10.1. The maximum atomic E-state index is 13.1. The summed E-state index contributed by atoms with van der Waals surface area (Å²) < 4.78 is 13.1. The Kier molecular flexibility index (Phi) is 6.63. The van der Waals surface area contributed by atoms with E-state index in [9.17, 15) is 9.18 Å². The summed E-state index contributed by atoms with van der Waals surface area (Å²) in [6, 6.07) is 26.8. The summed E-state index contributed by atoms with van der Waals surface area (Å²) in [4.78, 5) is 22.2. The highest BCUT2D eigenvalue weighted by Crippen LogP contribution is 2.30. The number of rotatable bonds is 7. The number of carbonyl (C=O) groups excluding carboxylic acids is 1. The van der Waals surface area contributed by atoms with Crippen molar-refractivity contribution in [3.8, 4) is 11.3 Å². The fourth-order valence-corrected chi connectivity index (χ4v) is 4.61. The number of hydrogen-bond donors (Lipinski definition) is 0. The lowest BCUT2D eigenvalue weighted by molar-refractivity contribution is 0.0974. The zero-order valence-electron chi connectivity index (χ0n) is 19.2. The van der Waals surface area contributed by atoms with Crippen LogP contribution in [0.1, 0.15) is 23.2 Å². The summed E-state index contributed by atoms with van der Waals surface area (Å²) in [5.74, 6) is 0.780. The Hall–Kier alpha value is -3.57. The van der Waals surface area contributed by atoms with E-state index in [0.717, 1.165) is 56.2 Å². The third-order valence-corrected chi connectivity index (χ3v) is 6.51. The Balaban J connectivity index is 1.21. The predicted octanol–water partition coefficient (Wildman–Crippen LogP) is 5.83. The standard InChI is InChI=1S/C29H28FN3O/c30-25-14-12-22(13-15-25)27(34)11-6-16-32-17-19-33(20-18-32)28-21-24-9-4-5-10-26(24)29(31-28)23-7-2-1-3-8-23/h1-5,7-10,12-15,21H,6,11,16-20H2. The smallest absolute Gasteiger partial charge is 0.162 e. The minimum Gasteiger partial charge on any atom is -0.354 e. The Morgan fingerprint density at radius 3 is 2.32 bits per heavy atom. The maximum Gasteiger partial charge on any atom is 0.162 e. The van der Waals surface area contributed by atoms with Gasteiger partial charge in [0, 0.05) is 49.1 Å². The first-order valence-corrected chi connectivity index (χ1v) is 11.9. The number of benzene rings is 3. The molecule has 0 unspecified atom stereocenters. The molecule has 0 radical (unpaired) electrons. The SMILES string of the molecule is O=C(CCCN1CCN(c2cc3ccccc3c(-c3ccccc3)n2)CC1)c1ccc(F)cc1. The lowest BCUT2D eigenvalue weighted by atomic mass is 10.0. The molecule has 4 aromatic rings. The van der Waals surface area contributed by atoms with Gasteiger partial charge in [-0.1, -0.05) is 54.6 Å². The molecule has 0 aliphatic carbocycles. The Morgan fingerprint density at radius 1 is 0.853 bits per heavy atom. The van der Waals surface area contributed by atoms with Gasteiger partial charge in [-0.3, -0.25) is 9.69 Å². The van der Waals surface area contributed by atoms with Crippen LogP contribution in [0.2, 0.25) is 0 Å². The average molecular weight is 454 g/mol. The van der Waals surface area contributed by atoms with Crippen molar-refractivity contribution in [2.75, 3.05) is 37.6 Å². The van der Waals surface area contributed by atoms with E-state index in [4.69, 9.17) is 4.98 Å². The number of hydrogen-bond acceptors (Lipinski definition) is 4. The van der Waals surface area contributed by atoms with Crippen molar-refractivity contribution in [3.05, 3.63) is 96.3 Å². The van der Waals surface area contributed by atoms with E-state index in [1.807, 2.05) is 6.07 Å². The monoisotopic (exact) mass is 453 g/mol. The number of piperazine rings is 1. The van der Waals surface area contributed by atoms with Crippen LogP contribution in [0.3, 0.4) is 0 Å². The predicted molar refractivity (Wildman–Crippen MR) is 136 cm³/mol. The van der Waals surface area contributed by atoms with Crippen LogP contribution in [0.15, 0.2) is 84.9 Å². The first-order chi connectivity index (χ1) is 16.7. The van der Waals surface area contributed by atoms with E-state index < -0.39 is 0 Å². The lowest BCUT2D eigenvalue weighted by Crippen LogP contribution is -2.47. The van der Waals surface area contributed by atoms with E-state index in [1.54, 1.807) is 12.1 Å². The molecule has 0 N–H and O–H groups in total. The van der Waals surface area contributed by atoms with Crippen molar-refractivity contribution < 1.29 is 9.18 Å². The molecule has 34 heavy (non-hydrogen) atoms. The minimum atomic E-state index is -0.314. The van der Waals surface area contributed by atoms with Crippen LogP contribution >= 0.6 is 0 Å². The van der Waals surface area contributed by atoms with Crippen molar-refractivity contribution in [2.45, 2.75) is 12.8 Å². The van der Waals surface area contributed by atoms with Crippen LogP contribution in [0.4, 0.5) is 10.2 Å². The van der Waals surface area contributed by atoms with Crippen molar-refractivity contribution in [1.82, 2.24) is 9.88 Å². The molecule has 1 aliphatic heterocycles. The largest absolute Gasteiger partial charge is 0.354 e. The first kappa shape index (κ1) is 22.2. The lowest BCUT2D eigenvalue weighted by Gasteiger charge is -2.35. The van der Waals surface area contributed by atoms with Gasteiger partial charge in [0.25, 0.3) is 0 Å². The molecule has 3 aromatic carbocycles. The summed E-state index contributed by atoms with van der Waals surface area (Å²) in [6.07, 6.45) is 1.29. The average Bonchev–Trinajstić information content (AvgIpc) is 2.89. The number of nitrogens with zero attached hydrogens (tertiary/aromatic N) is 3. The van der Waals surface area contributed by atoms with Crippen molar-refractivity contribution in [2.24, 2.45) is 0 Å². The van der Waals surface area contributed by atoms with Gasteiger partial charge in [0.15, 0.2) is 5.78 Å². The molecule has 172 valence electrons. The maximum absolute atomic E-state index is 13.1. The highest BCUT2D eigenvalue weighted by Gasteiger charge is 2.20. The normalized spacial score (nSPS) is 14.4. The molecule has 0 atom stereocenters. The molecule has 0 bridgehead atoms. The van der Waals surface area contributed by atoms with Gasteiger partial charge in [-0.25, -0.2) is 9.37 Å². The highest BCUT2D eigenvalue weighted by molar-refractivity contribution is 5.96. The second-order valence-electron chi connectivity index (χ2n) is 8.78. The molecular weight excluding hydrogens is 425 g/mol.